The molecule has 158 valence electrons. The number of halogens is 4. The zero-order valence-electron chi connectivity index (χ0n) is 16.1. The Kier molecular flexibility index (Phi) is 9.93. The van der Waals surface area contributed by atoms with Crippen molar-refractivity contribution >= 4 is 41.5 Å². The molecule has 0 heterocycles. The van der Waals surface area contributed by atoms with Gasteiger partial charge in [0.15, 0.2) is 5.96 Å². The molecule has 29 heavy (non-hydrogen) atoms. The van der Waals surface area contributed by atoms with Gasteiger partial charge in [0, 0.05) is 25.7 Å². The molecule has 0 radical (unpaired) electrons. The highest BCUT2D eigenvalue weighted by atomic mass is 127. The summed E-state index contributed by atoms with van der Waals surface area (Å²) in [4.78, 5) is 15.5. The first kappa shape index (κ1) is 24.7. The van der Waals surface area contributed by atoms with E-state index in [4.69, 9.17) is 0 Å². The van der Waals surface area contributed by atoms with Crippen molar-refractivity contribution in [1.29, 1.82) is 0 Å². The van der Waals surface area contributed by atoms with Crippen LogP contribution in [0.25, 0.3) is 0 Å². The number of benzene rings is 2. The Morgan fingerprint density at radius 3 is 2.38 bits per heavy atom. The summed E-state index contributed by atoms with van der Waals surface area (Å²) in [7, 11) is 0. The van der Waals surface area contributed by atoms with Crippen molar-refractivity contribution < 1.29 is 18.0 Å². The molecule has 2 aromatic carbocycles. The summed E-state index contributed by atoms with van der Waals surface area (Å²) in [5.41, 5.74) is 1.40. The predicted molar refractivity (Wildman–Crippen MR) is 119 cm³/mol. The number of carbonyl (C=O) groups excluding carboxylic acids is 1. The van der Waals surface area contributed by atoms with E-state index in [1.165, 1.54) is 13.0 Å². The van der Waals surface area contributed by atoms with Crippen molar-refractivity contribution in [3.63, 3.8) is 0 Å². The van der Waals surface area contributed by atoms with Gasteiger partial charge in [0.1, 0.15) is 0 Å². The van der Waals surface area contributed by atoms with Crippen LogP contribution in [0.5, 0.6) is 0 Å². The number of carbonyl (C=O) groups is 1. The number of guanidine groups is 1. The first-order chi connectivity index (χ1) is 13.3. The molecular weight excluding hydrogens is 496 g/mol. The predicted octanol–water partition coefficient (Wildman–Crippen LogP) is 4.54. The lowest BCUT2D eigenvalue weighted by atomic mass is 10.1. The Labute approximate surface area is 185 Å². The van der Waals surface area contributed by atoms with Crippen molar-refractivity contribution in [2.75, 3.05) is 11.9 Å². The highest BCUT2D eigenvalue weighted by molar-refractivity contribution is 14.0. The topological polar surface area (TPSA) is 65.5 Å². The molecule has 0 aliphatic rings. The fourth-order valence-electron chi connectivity index (χ4n) is 2.51. The maximum atomic E-state index is 12.8. The van der Waals surface area contributed by atoms with E-state index >= 15 is 0 Å². The van der Waals surface area contributed by atoms with E-state index in [1.54, 1.807) is 12.1 Å². The van der Waals surface area contributed by atoms with Crippen LogP contribution in [0.4, 0.5) is 18.9 Å². The van der Waals surface area contributed by atoms with Crippen molar-refractivity contribution in [3.8, 4) is 0 Å². The SMILES string of the molecule is CCNC(=NCc1cccc(C(F)(F)F)c1)NCc1cccc(NC(C)=O)c1.I. The smallest absolute Gasteiger partial charge is 0.357 e. The minimum atomic E-state index is -4.37. The molecular formula is C20H24F3IN4O. The number of aliphatic imine (C=N–C) groups is 1. The highest BCUT2D eigenvalue weighted by Crippen LogP contribution is 2.29. The van der Waals surface area contributed by atoms with Crippen LogP contribution < -0.4 is 16.0 Å². The Balaban J connectivity index is 0.00000420. The van der Waals surface area contributed by atoms with E-state index in [-0.39, 0.29) is 36.4 Å². The van der Waals surface area contributed by atoms with Gasteiger partial charge in [0.25, 0.3) is 0 Å². The molecule has 1 amide bonds. The second-order valence-electron chi connectivity index (χ2n) is 6.13. The van der Waals surface area contributed by atoms with Crippen LogP contribution in [0.3, 0.4) is 0 Å². The number of rotatable bonds is 6. The second-order valence-corrected chi connectivity index (χ2v) is 6.13. The second kappa shape index (κ2) is 11.6. The number of hydrogen-bond donors (Lipinski definition) is 3. The van der Waals surface area contributed by atoms with Crippen LogP contribution in [-0.4, -0.2) is 18.4 Å². The van der Waals surface area contributed by atoms with E-state index in [1.807, 2.05) is 25.1 Å². The summed E-state index contributed by atoms with van der Waals surface area (Å²) in [5.74, 6) is 0.339. The molecule has 0 aliphatic carbocycles. The van der Waals surface area contributed by atoms with Crippen molar-refractivity contribution in [2.45, 2.75) is 33.1 Å². The summed E-state index contributed by atoms with van der Waals surface area (Å²) in [5, 5.41) is 8.92. The minimum Gasteiger partial charge on any atom is -0.357 e. The third-order valence-electron chi connectivity index (χ3n) is 3.73. The number of alkyl halides is 3. The van der Waals surface area contributed by atoms with Gasteiger partial charge in [-0.15, -0.1) is 24.0 Å². The molecule has 0 saturated heterocycles. The van der Waals surface area contributed by atoms with Gasteiger partial charge in [-0.1, -0.05) is 24.3 Å². The van der Waals surface area contributed by atoms with E-state index in [0.29, 0.717) is 30.3 Å². The average molecular weight is 520 g/mol. The maximum absolute atomic E-state index is 12.8. The third kappa shape index (κ3) is 8.71. The molecule has 9 heteroatoms. The van der Waals surface area contributed by atoms with Gasteiger partial charge in [-0.2, -0.15) is 13.2 Å². The number of nitrogens with one attached hydrogen (secondary N) is 3. The van der Waals surface area contributed by atoms with Crippen molar-refractivity contribution in [3.05, 3.63) is 65.2 Å². The van der Waals surface area contributed by atoms with E-state index in [9.17, 15) is 18.0 Å². The Bertz CT molecular complexity index is 840. The Morgan fingerprint density at radius 2 is 1.72 bits per heavy atom. The Hall–Kier alpha value is -2.30. The Morgan fingerprint density at radius 1 is 1.03 bits per heavy atom. The zero-order chi connectivity index (χ0) is 20.6. The first-order valence-electron chi connectivity index (χ1n) is 8.82. The van der Waals surface area contributed by atoms with Crippen LogP contribution in [0, 0.1) is 0 Å². The standard InChI is InChI=1S/C20H23F3N4O.HI/c1-3-24-19(25-12-15-6-4-8-17(10-15)20(21,22)23)26-13-16-7-5-9-18(11-16)27-14(2)28;/h4-11H,3,12-13H2,1-2H3,(H,27,28)(H2,24,25,26);1H. The lowest BCUT2D eigenvalue weighted by Crippen LogP contribution is -2.36. The van der Waals surface area contributed by atoms with Crippen LogP contribution >= 0.6 is 24.0 Å². The molecule has 2 aromatic rings. The molecule has 0 aromatic heterocycles. The van der Waals surface area contributed by atoms with Gasteiger partial charge in [0.2, 0.25) is 5.91 Å². The summed E-state index contributed by atoms with van der Waals surface area (Å²) in [6.07, 6.45) is -4.37. The molecule has 0 atom stereocenters. The molecule has 0 bridgehead atoms. The van der Waals surface area contributed by atoms with E-state index in [2.05, 4.69) is 20.9 Å². The average Bonchev–Trinajstić information content (AvgIpc) is 2.63. The number of anilines is 1. The quantitative estimate of drug-likeness (QED) is 0.298. The van der Waals surface area contributed by atoms with Crippen LogP contribution in [0.1, 0.15) is 30.5 Å². The maximum Gasteiger partial charge on any atom is 0.416 e. The first-order valence-corrected chi connectivity index (χ1v) is 8.82. The molecule has 0 fully saturated rings. The fourth-order valence-corrected chi connectivity index (χ4v) is 2.51. The zero-order valence-corrected chi connectivity index (χ0v) is 18.5. The number of hydrogen-bond acceptors (Lipinski definition) is 2. The van der Waals surface area contributed by atoms with Crippen LogP contribution in [0.2, 0.25) is 0 Å². The van der Waals surface area contributed by atoms with Gasteiger partial charge >= 0.3 is 6.18 Å². The van der Waals surface area contributed by atoms with Gasteiger partial charge in [0.05, 0.1) is 12.1 Å². The van der Waals surface area contributed by atoms with E-state index in [0.717, 1.165) is 17.7 Å². The molecule has 0 aliphatic heterocycles. The third-order valence-corrected chi connectivity index (χ3v) is 3.73. The van der Waals surface area contributed by atoms with Gasteiger partial charge in [-0.05, 0) is 42.3 Å². The van der Waals surface area contributed by atoms with Crippen molar-refractivity contribution in [1.82, 2.24) is 10.6 Å². The lowest BCUT2D eigenvalue weighted by molar-refractivity contribution is -0.137. The molecule has 0 unspecified atom stereocenters. The summed E-state index contributed by atoms with van der Waals surface area (Å²) in [6, 6.07) is 12.5. The van der Waals surface area contributed by atoms with Gasteiger partial charge < -0.3 is 16.0 Å². The van der Waals surface area contributed by atoms with Crippen LogP contribution in [-0.2, 0) is 24.1 Å². The van der Waals surface area contributed by atoms with Crippen molar-refractivity contribution in [2.24, 2.45) is 4.99 Å². The summed E-state index contributed by atoms with van der Waals surface area (Å²) < 4.78 is 38.5. The summed E-state index contributed by atoms with van der Waals surface area (Å²) in [6.45, 7) is 4.51. The molecule has 3 N–H and O–H groups in total. The van der Waals surface area contributed by atoms with E-state index < -0.39 is 11.7 Å². The molecule has 5 nitrogen and oxygen atoms in total. The van der Waals surface area contributed by atoms with Gasteiger partial charge in [-0.25, -0.2) is 4.99 Å². The molecule has 0 spiro atoms. The minimum absolute atomic E-state index is 0. The normalized spacial score (nSPS) is 11.4. The lowest BCUT2D eigenvalue weighted by Gasteiger charge is -2.13. The van der Waals surface area contributed by atoms with Gasteiger partial charge in [-0.3, -0.25) is 4.79 Å². The largest absolute Gasteiger partial charge is 0.416 e. The molecule has 2 rings (SSSR count). The number of amides is 1. The van der Waals surface area contributed by atoms with Crippen LogP contribution in [0.15, 0.2) is 53.5 Å². The summed E-state index contributed by atoms with van der Waals surface area (Å²) >= 11 is 0. The molecule has 0 saturated carbocycles. The number of nitrogens with zero attached hydrogens (tertiary/aromatic N) is 1. The highest BCUT2D eigenvalue weighted by Gasteiger charge is 2.30. The monoisotopic (exact) mass is 520 g/mol. The fraction of sp³-hybridized carbons (Fsp3) is 0.300.